The lowest BCUT2D eigenvalue weighted by Gasteiger charge is -2.36. The zero-order valence-corrected chi connectivity index (χ0v) is 18.1. The normalized spacial score (nSPS) is 22.3. The molecular formula is C20H27F2N5O2S. The van der Waals surface area contributed by atoms with Crippen LogP contribution < -0.4 is 10.2 Å². The molecule has 1 aliphatic heterocycles. The molecule has 1 aliphatic carbocycles. The lowest BCUT2D eigenvalue weighted by molar-refractivity contribution is -0.0361. The number of hydrogen-bond acceptors (Lipinski definition) is 8. The van der Waals surface area contributed by atoms with Crippen LogP contribution in [0.3, 0.4) is 0 Å². The SMILES string of the molecule is COCC1COCCN1c1cc(NC2CCC(F)(F)CC2)nc(-c2nc(C)cs2)n1. The van der Waals surface area contributed by atoms with Crippen LogP contribution in [0.1, 0.15) is 31.4 Å². The second-order valence-corrected chi connectivity index (χ2v) is 8.74. The van der Waals surface area contributed by atoms with E-state index in [-0.39, 0.29) is 24.9 Å². The highest BCUT2D eigenvalue weighted by atomic mass is 32.1. The molecule has 2 aromatic rings. The first-order valence-corrected chi connectivity index (χ1v) is 11.1. The molecule has 1 saturated heterocycles. The number of aromatic nitrogens is 3. The standard InChI is InChI=1S/C20H27F2N5O2S/c1-13-12-30-19(23-13)18-25-16(24-14-3-5-20(21,22)6-4-14)9-17(26-18)27-7-8-29-11-15(27)10-28-2/h9,12,14-15H,3-8,10-11H2,1-2H3,(H,24,25,26). The van der Waals surface area contributed by atoms with Crippen molar-refractivity contribution < 1.29 is 18.3 Å². The molecule has 1 N–H and O–H groups in total. The Labute approximate surface area is 178 Å². The van der Waals surface area contributed by atoms with Crippen LogP contribution in [0.5, 0.6) is 0 Å². The molecule has 7 nitrogen and oxygen atoms in total. The second kappa shape index (κ2) is 9.07. The molecule has 30 heavy (non-hydrogen) atoms. The Kier molecular flexibility index (Phi) is 6.45. The summed E-state index contributed by atoms with van der Waals surface area (Å²) in [5, 5.41) is 6.07. The predicted octanol–water partition coefficient (Wildman–Crippen LogP) is 3.75. The highest BCUT2D eigenvalue weighted by molar-refractivity contribution is 7.13. The molecule has 2 fully saturated rings. The first-order valence-electron chi connectivity index (χ1n) is 10.2. The summed E-state index contributed by atoms with van der Waals surface area (Å²) >= 11 is 1.49. The third-order valence-electron chi connectivity index (χ3n) is 5.47. The minimum absolute atomic E-state index is 0.0299. The Morgan fingerprint density at radius 2 is 2.10 bits per heavy atom. The van der Waals surface area contributed by atoms with Gasteiger partial charge in [-0.3, -0.25) is 0 Å². The molecule has 2 aromatic heterocycles. The molecule has 2 aliphatic rings. The number of aryl methyl sites for hydroxylation is 1. The maximum atomic E-state index is 13.5. The molecule has 1 atom stereocenters. The third kappa shape index (κ3) is 5.04. The third-order valence-corrected chi connectivity index (χ3v) is 6.43. The van der Waals surface area contributed by atoms with Crippen LogP contribution in [0.15, 0.2) is 11.4 Å². The van der Waals surface area contributed by atoms with E-state index < -0.39 is 5.92 Å². The minimum Gasteiger partial charge on any atom is -0.382 e. The van der Waals surface area contributed by atoms with Crippen molar-refractivity contribution in [3.63, 3.8) is 0 Å². The fourth-order valence-corrected chi connectivity index (χ4v) is 4.62. The highest BCUT2D eigenvalue weighted by Gasteiger charge is 2.35. The summed E-state index contributed by atoms with van der Waals surface area (Å²) in [5.74, 6) is -0.612. The highest BCUT2D eigenvalue weighted by Crippen LogP contribution is 2.35. The van der Waals surface area contributed by atoms with Gasteiger partial charge in [0.05, 0.1) is 25.9 Å². The van der Waals surface area contributed by atoms with Gasteiger partial charge in [0, 0.05) is 49.7 Å². The van der Waals surface area contributed by atoms with Gasteiger partial charge in [-0.2, -0.15) is 0 Å². The first kappa shape index (κ1) is 21.3. The van der Waals surface area contributed by atoms with E-state index in [0.29, 0.717) is 50.8 Å². The van der Waals surface area contributed by atoms with Gasteiger partial charge < -0.3 is 19.7 Å². The van der Waals surface area contributed by atoms with Crippen molar-refractivity contribution in [3.8, 4) is 10.8 Å². The molecule has 0 amide bonds. The lowest BCUT2D eigenvalue weighted by Crippen LogP contribution is -2.48. The molecule has 10 heteroatoms. The Morgan fingerprint density at radius 3 is 2.80 bits per heavy atom. The van der Waals surface area contributed by atoms with Crippen LogP contribution >= 0.6 is 11.3 Å². The van der Waals surface area contributed by atoms with Crippen molar-refractivity contribution in [2.24, 2.45) is 0 Å². The molecule has 3 heterocycles. The van der Waals surface area contributed by atoms with Gasteiger partial charge >= 0.3 is 0 Å². The number of alkyl halides is 2. The number of halogens is 2. The Morgan fingerprint density at radius 1 is 1.30 bits per heavy atom. The summed E-state index contributed by atoms with van der Waals surface area (Å²) in [7, 11) is 1.67. The molecule has 164 valence electrons. The second-order valence-electron chi connectivity index (χ2n) is 7.88. The number of anilines is 2. The lowest BCUT2D eigenvalue weighted by atomic mass is 9.92. The van der Waals surface area contributed by atoms with Crippen molar-refractivity contribution in [1.82, 2.24) is 15.0 Å². The first-order chi connectivity index (χ1) is 14.4. The van der Waals surface area contributed by atoms with Crippen LogP contribution in [-0.2, 0) is 9.47 Å². The molecule has 0 bridgehead atoms. The average Bonchev–Trinajstić information content (AvgIpc) is 3.17. The summed E-state index contributed by atoms with van der Waals surface area (Å²) in [6, 6.07) is 1.91. The molecule has 4 rings (SSSR count). The van der Waals surface area contributed by atoms with Crippen LogP contribution in [0.25, 0.3) is 10.8 Å². The van der Waals surface area contributed by atoms with Gasteiger partial charge in [-0.15, -0.1) is 11.3 Å². The fraction of sp³-hybridized carbons (Fsp3) is 0.650. The maximum Gasteiger partial charge on any atom is 0.248 e. The van der Waals surface area contributed by atoms with Crippen LogP contribution in [-0.4, -0.2) is 66.4 Å². The minimum atomic E-state index is -2.56. The quantitative estimate of drug-likeness (QED) is 0.735. The molecule has 0 radical (unpaired) electrons. The molecule has 1 unspecified atom stereocenters. The van der Waals surface area contributed by atoms with Crippen molar-refractivity contribution >= 4 is 23.0 Å². The molecule has 0 aromatic carbocycles. The average molecular weight is 440 g/mol. The largest absolute Gasteiger partial charge is 0.382 e. The summed E-state index contributed by atoms with van der Waals surface area (Å²) in [6.07, 6.45) is 0.644. The van der Waals surface area contributed by atoms with Gasteiger partial charge in [0.15, 0.2) is 10.8 Å². The van der Waals surface area contributed by atoms with Gasteiger partial charge in [0.2, 0.25) is 5.92 Å². The van der Waals surface area contributed by atoms with E-state index in [9.17, 15) is 8.78 Å². The van der Waals surface area contributed by atoms with Gasteiger partial charge in [0.25, 0.3) is 0 Å². The summed E-state index contributed by atoms with van der Waals surface area (Å²) < 4.78 is 38.0. The molecule has 0 spiro atoms. The summed E-state index contributed by atoms with van der Waals surface area (Å²) in [4.78, 5) is 16.1. The van der Waals surface area contributed by atoms with E-state index in [1.54, 1.807) is 7.11 Å². The van der Waals surface area contributed by atoms with E-state index in [2.05, 4.69) is 20.2 Å². The predicted molar refractivity (Wildman–Crippen MR) is 113 cm³/mol. The van der Waals surface area contributed by atoms with Crippen LogP contribution in [0.4, 0.5) is 20.4 Å². The smallest absolute Gasteiger partial charge is 0.248 e. The summed E-state index contributed by atoms with van der Waals surface area (Å²) in [5.41, 5.74) is 0.914. The Bertz CT molecular complexity index is 853. The van der Waals surface area contributed by atoms with E-state index in [0.717, 1.165) is 16.5 Å². The van der Waals surface area contributed by atoms with Crippen LogP contribution in [0.2, 0.25) is 0 Å². The van der Waals surface area contributed by atoms with Crippen molar-refractivity contribution in [2.45, 2.75) is 50.6 Å². The fourth-order valence-electron chi connectivity index (χ4n) is 3.89. The zero-order chi connectivity index (χ0) is 21.1. The monoisotopic (exact) mass is 439 g/mol. The van der Waals surface area contributed by atoms with Gasteiger partial charge in [-0.1, -0.05) is 0 Å². The van der Waals surface area contributed by atoms with E-state index in [1.165, 1.54) is 11.3 Å². The van der Waals surface area contributed by atoms with E-state index >= 15 is 0 Å². The molecule has 1 saturated carbocycles. The number of ether oxygens (including phenoxy) is 2. The van der Waals surface area contributed by atoms with Crippen molar-refractivity contribution in [2.75, 3.05) is 43.7 Å². The topological polar surface area (TPSA) is 72.4 Å². The Hall–Kier alpha value is -1.91. The van der Waals surface area contributed by atoms with E-state index in [4.69, 9.17) is 14.5 Å². The van der Waals surface area contributed by atoms with E-state index in [1.807, 2.05) is 18.4 Å². The Balaban J connectivity index is 1.63. The number of methoxy groups -OCH3 is 1. The maximum absolute atomic E-state index is 13.5. The number of thiazole rings is 1. The van der Waals surface area contributed by atoms with Crippen molar-refractivity contribution in [3.05, 3.63) is 17.1 Å². The number of nitrogens with one attached hydrogen (secondary N) is 1. The molecular weight excluding hydrogens is 412 g/mol. The number of rotatable bonds is 6. The summed E-state index contributed by atoms with van der Waals surface area (Å²) in [6.45, 7) is 4.31. The number of morpholine rings is 1. The zero-order valence-electron chi connectivity index (χ0n) is 17.2. The van der Waals surface area contributed by atoms with Crippen LogP contribution in [0, 0.1) is 6.92 Å². The number of nitrogens with zero attached hydrogens (tertiary/aromatic N) is 4. The van der Waals surface area contributed by atoms with Gasteiger partial charge in [0.1, 0.15) is 11.6 Å². The van der Waals surface area contributed by atoms with Gasteiger partial charge in [-0.25, -0.2) is 23.7 Å². The number of hydrogen-bond donors (Lipinski definition) is 1. The van der Waals surface area contributed by atoms with Crippen molar-refractivity contribution in [1.29, 1.82) is 0 Å². The van der Waals surface area contributed by atoms with Gasteiger partial charge in [-0.05, 0) is 19.8 Å².